The summed E-state index contributed by atoms with van der Waals surface area (Å²) in [5.41, 5.74) is 11.4. The molecular weight excluding hydrogens is 312 g/mol. The normalized spacial score (nSPS) is 18.8. The van der Waals surface area contributed by atoms with E-state index < -0.39 is 0 Å². The Kier molecular flexibility index (Phi) is 2.81. The summed E-state index contributed by atoms with van der Waals surface area (Å²) in [5, 5.41) is 0. The summed E-state index contributed by atoms with van der Waals surface area (Å²) >= 11 is 0. The van der Waals surface area contributed by atoms with Crippen molar-refractivity contribution in [2.45, 2.75) is 11.8 Å². The lowest BCUT2D eigenvalue weighted by Gasteiger charge is -2.41. The van der Waals surface area contributed by atoms with Crippen LogP contribution in [0, 0.1) is 0 Å². The maximum Gasteiger partial charge on any atom is 0.0211 e. The minimum Gasteiger partial charge on any atom is -0.0619 e. The average Bonchev–Trinajstić information content (AvgIpc) is 2.73. The molecule has 0 atom stereocenters. The highest BCUT2D eigenvalue weighted by molar-refractivity contribution is 5.84. The molecule has 0 heterocycles. The van der Waals surface area contributed by atoms with Gasteiger partial charge in [-0.25, -0.2) is 0 Å². The van der Waals surface area contributed by atoms with Crippen LogP contribution in [0.2, 0.25) is 0 Å². The first kappa shape index (κ1) is 14.1. The Morgan fingerprint density at radius 2 is 0.538 bits per heavy atom. The van der Waals surface area contributed by atoms with E-state index in [0.29, 0.717) is 11.8 Å². The highest BCUT2D eigenvalue weighted by Gasteiger charge is 2.40. The van der Waals surface area contributed by atoms with Crippen molar-refractivity contribution < 1.29 is 0 Å². The molecule has 0 heteroatoms. The van der Waals surface area contributed by atoms with E-state index in [1.165, 1.54) is 44.5 Å². The molecule has 2 aliphatic carbocycles. The second-order valence-corrected chi connectivity index (χ2v) is 7.30. The van der Waals surface area contributed by atoms with Gasteiger partial charge in [0.05, 0.1) is 0 Å². The molecule has 0 bridgehead atoms. The van der Waals surface area contributed by atoms with Gasteiger partial charge < -0.3 is 0 Å². The Morgan fingerprint density at radius 3 is 0.808 bits per heavy atom. The summed E-state index contributed by atoms with van der Waals surface area (Å²) in [5.74, 6) is 0.763. The monoisotopic (exact) mass is 330 g/mol. The van der Waals surface area contributed by atoms with Crippen LogP contribution in [-0.4, -0.2) is 0 Å². The van der Waals surface area contributed by atoms with Crippen LogP contribution < -0.4 is 0 Å². The number of hydrogen-bond acceptors (Lipinski definition) is 0. The van der Waals surface area contributed by atoms with Gasteiger partial charge in [-0.2, -0.15) is 0 Å². The van der Waals surface area contributed by atoms with Crippen LogP contribution in [0.25, 0.3) is 22.3 Å². The first-order valence-electron chi connectivity index (χ1n) is 9.30. The van der Waals surface area contributed by atoms with Gasteiger partial charge in [-0.1, -0.05) is 97.1 Å². The molecule has 0 fully saturated rings. The smallest absolute Gasteiger partial charge is 0.0211 e. The number of hydrogen-bond donors (Lipinski definition) is 0. The van der Waals surface area contributed by atoms with Gasteiger partial charge in [0, 0.05) is 11.8 Å². The van der Waals surface area contributed by atoms with E-state index in [1.807, 2.05) is 0 Å². The third-order valence-corrected chi connectivity index (χ3v) is 6.10. The van der Waals surface area contributed by atoms with E-state index in [0.717, 1.165) is 0 Å². The fourth-order valence-electron chi connectivity index (χ4n) is 5.11. The quantitative estimate of drug-likeness (QED) is 0.340. The summed E-state index contributed by atoms with van der Waals surface area (Å²) in [7, 11) is 0. The van der Waals surface area contributed by atoms with Crippen molar-refractivity contribution in [1.29, 1.82) is 0 Å². The molecule has 0 amide bonds. The van der Waals surface area contributed by atoms with E-state index >= 15 is 0 Å². The topological polar surface area (TPSA) is 0 Å². The zero-order chi connectivity index (χ0) is 17.1. The van der Waals surface area contributed by atoms with Gasteiger partial charge in [-0.3, -0.25) is 0 Å². The van der Waals surface area contributed by atoms with E-state index in [1.54, 1.807) is 0 Å². The lowest BCUT2D eigenvalue weighted by atomic mass is 9.62. The lowest BCUT2D eigenvalue weighted by Crippen LogP contribution is -2.24. The second-order valence-electron chi connectivity index (χ2n) is 7.30. The predicted molar refractivity (Wildman–Crippen MR) is 107 cm³/mol. The van der Waals surface area contributed by atoms with Crippen LogP contribution in [0.15, 0.2) is 97.1 Å². The molecule has 0 N–H and O–H groups in total. The van der Waals surface area contributed by atoms with Crippen LogP contribution in [0.3, 0.4) is 0 Å². The van der Waals surface area contributed by atoms with E-state index in [2.05, 4.69) is 97.1 Å². The fourth-order valence-corrected chi connectivity index (χ4v) is 5.11. The molecule has 0 radical (unpaired) electrons. The molecule has 0 saturated heterocycles. The van der Waals surface area contributed by atoms with E-state index in [4.69, 9.17) is 0 Å². The van der Waals surface area contributed by atoms with Crippen molar-refractivity contribution in [2.75, 3.05) is 0 Å². The van der Waals surface area contributed by atoms with Crippen molar-refractivity contribution in [3.8, 4) is 22.3 Å². The highest BCUT2D eigenvalue weighted by Crippen LogP contribution is 2.57. The summed E-state index contributed by atoms with van der Waals surface area (Å²) < 4.78 is 0. The number of fused-ring (bicyclic) bond motifs is 11. The third kappa shape index (κ3) is 1.74. The van der Waals surface area contributed by atoms with Gasteiger partial charge in [-0.15, -0.1) is 0 Å². The van der Waals surface area contributed by atoms with Crippen molar-refractivity contribution in [1.82, 2.24) is 0 Å². The molecule has 0 spiro atoms. The Hall–Kier alpha value is -3.12. The lowest BCUT2D eigenvalue weighted by molar-refractivity contribution is 0.677. The summed E-state index contributed by atoms with van der Waals surface area (Å²) in [6, 6.07) is 35.9. The zero-order valence-electron chi connectivity index (χ0n) is 14.4. The van der Waals surface area contributed by atoms with Gasteiger partial charge >= 0.3 is 0 Å². The Labute approximate surface area is 153 Å². The minimum absolute atomic E-state index is 0.382. The fraction of sp³-hybridized carbons (Fsp3) is 0.0769. The first-order valence-corrected chi connectivity index (χ1v) is 9.30. The molecule has 4 aromatic rings. The summed E-state index contributed by atoms with van der Waals surface area (Å²) in [4.78, 5) is 0. The first-order chi connectivity index (χ1) is 12.9. The largest absolute Gasteiger partial charge is 0.0619 e. The van der Waals surface area contributed by atoms with Crippen molar-refractivity contribution in [3.05, 3.63) is 119 Å². The molecule has 26 heavy (non-hydrogen) atoms. The van der Waals surface area contributed by atoms with Crippen molar-refractivity contribution in [2.24, 2.45) is 0 Å². The zero-order valence-corrected chi connectivity index (χ0v) is 14.4. The molecule has 2 aliphatic rings. The Morgan fingerprint density at radius 1 is 0.308 bits per heavy atom. The molecule has 4 aromatic carbocycles. The summed E-state index contributed by atoms with van der Waals surface area (Å²) in [6.45, 7) is 0. The van der Waals surface area contributed by atoms with Gasteiger partial charge in [0.1, 0.15) is 0 Å². The molecule has 0 nitrogen and oxygen atoms in total. The SMILES string of the molecule is c1ccc2c(c1)-c1ccccc1C1c3ccccc3-c3ccccc3C21. The predicted octanol–water partition coefficient (Wildman–Crippen LogP) is 6.61. The van der Waals surface area contributed by atoms with Crippen LogP contribution in [0.4, 0.5) is 0 Å². The van der Waals surface area contributed by atoms with Gasteiger partial charge in [0.15, 0.2) is 0 Å². The van der Waals surface area contributed by atoms with Crippen LogP contribution in [-0.2, 0) is 0 Å². The molecule has 0 aliphatic heterocycles. The number of benzene rings is 4. The molecular formula is C26H18. The maximum atomic E-state index is 2.33. The second kappa shape index (κ2) is 5.19. The van der Waals surface area contributed by atoms with E-state index in [-0.39, 0.29) is 0 Å². The van der Waals surface area contributed by atoms with Gasteiger partial charge in [0.25, 0.3) is 0 Å². The van der Waals surface area contributed by atoms with Gasteiger partial charge in [-0.05, 0) is 44.5 Å². The highest BCUT2D eigenvalue weighted by atomic mass is 14.4. The minimum atomic E-state index is 0.382. The third-order valence-electron chi connectivity index (χ3n) is 6.10. The molecule has 0 saturated carbocycles. The molecule has 0 unspecified atom stereocenters. The van der Waals surface area contributed by atoms with Crippen molar-refractivity contribution >= 4 is 0 Å². The van der Waals surface area contributed by atoms with Gasteiger partial charge in [0.2, 0.25) is 0 Å². The van der Waals surface area contributed by atoms with Crippen LogP contribution in [0.5, 0.6) is 0 Å². The maximum absolute atomic E-state index is 2.33. The number of rotatable bonds is 0. The van der Waals surface area contributed by atoms with Crippen LogP contribution >= 0.6 is 0 Å². The Bertz CT molecular complexity index is 968. The summed E-state index contributed by atoms with van der Waals surface area (Å²) in [6.07, 6.45) is 0. The molecule has 6 rings (SSSR count). The molecule has 0 aromatic heterocycles. The van der Waals surface area contributed by atoms with Crippen LogP contribution in [0.1, 0.15) is 34.1 Å². The average molecular weight is 330 g/mol. The van der Waals surface area contributed by atoms with E-state index in [9.17, 15) is 0 Å². The standard InChI is InChI=1S/C26H18/c1-5-13-21-17(9-1)18-10-2-6-14-22(18)26-24-16-8-4-12-20(24)19-11-3-7-15-23(19)25(21)26/h1-16,25-26H. The van der Waals surface area contributed by atoms with Crippen molar-refractivity contribution in [3.63, 3.8) is 0 Å². The molecule has 122 valence electrons. The Balaban J connectivity index is 1.77.